The van der Waals surface area contributed by atoms with E-state index >= 15 is 0 Å². The van der Waals surface area contributed by atoms with Crippen LogP contribution in [0.5, 0.6) is 0 Å². The monoisotopic (exact) mass is 208 g/mol. The molecule has 0 aromatic carbocycles. The van der Waals surface area contributed by atoms with Gasteiger partial charge < -0.3 is 8.91 Å². The average Bonchev–Trinajstić information content (AvgIpc) is 1.56. The Kier molecular flexibility index (Phi) is 3.71. The first-order valence-electron chi connectivity index (χ1n) is 4.03. The van der Waals surface area contributed by atoms with Crippen LogP contribution in [0.1, 0.15) is 0 Å². The van der Waals surface area contributed by atoms with Crippen molar-refractivity contribution >= 4 is 24.7 Å². The average molecular weight is 208 g/mol. The summed E-state index contributed by atoms with van der Waals surface area (Å²) >= 11 is 0. The normalized spacial score (nSPS) is 16.6. The van der Waals surface area contributed by atoms with Crippen molar-refractivity contribution < 1.29 is 8.91 Å². The second-order valence-corrected chi connectivity index (χ2v) is 21.0. The van der Waals surface area contributed by atoms with E-state index in [2.05, 4.69) is 26.2 Å². The third-order valence-electron chi connectivity index (χ3n) is 1.53. The molecule has 0 fully saturated rings. The summed E-state index contributed by atoms with van der Waals surface area (Å²) in [5.74, 6) is 0. The maximum absolute atomic E-state index is 9.75. The molecule has 68 valence electrons. The molecule has 1 N–H and O–H groups in total. The molecule has 5 heteroatoms. The molecule has 0 heterocycles. The van der Waals surface area contributed by atoms with Crippen molar-refractivity contribution in [1.82, 2.24) is 0 Å². The first-order chi connectivity index (χ1) is 4.63. The molecular formula is C6H20O2Si3. The van der Waals surface area contributed by atoms with E-state index in [0.717, 1.165) is 0 Å². The molecule has 0 aromatic heterocycles. The molecule has 1 atom stereocenters. The summed E-state index contributed by atoms with van der Waals surface area (Å²) in [5, 5.41) is 0. The second-order valence-electron chi connectivity index (χ2n) is 4.53. The van der Waals surface area contributed by atoms with E-state index in [0.29, 0.717) is 0 Å². The van der Waals surface area contributed by atoms with Crippen LogP contribution in [-0.2, 0) is 4.12 Å². The molecule has 0 aliphatic heterocycles. The summed E-state index contributed by atoms with van der Waals surface area (Å²) in [6.07, 6.45) is 0. The quantitative estimate of drug-likeness (QED) is 0.712. The molecule has 0 amide bonds. The summed E-state index contributed by atoms with van der Waals surface area (Å²) in [6, 6.07) is 0. The van der Waals surface area contributed by atoms with Gasteiger partial charge in [-0.2, -0.15) is 0 Å². The van der Waals surface area contributed by atoms with Gasteiger partial charge in [-0.25, -0.2) is 0 Å². The molecule has 0 bridgehead atoms. The van der Waals surface area contributed by atoms with Gasteiger partial charge in [-0.1, -0.05) is 0 Å². The summed E-state index contributed by atoms with van der Waals surface area (Å²) in [5.41, 5.74) is 0. The molecule has 0 spiro atoms. The summed E-state index contributed by atoms with van der Waals surface area (Å²) < 4.78 is 5.89. The molecule has 0 rings (SSSR count). The highest BCUT2D eigenvalue weighted by atomic mass is 29.3. The van der Waals surface area contributed by atoms with Crippen molar-refractivity contribution in [2.24, 2.45) is 0 Å². The molecule has 2 nitrogen and oxygen atoms in total. The van der Waals surface area contributed by atoms with Gasteiger partial charge in [-0.3, -0.25) is 0 Å². The van der Waals surface area contributed by atoms with Crippen LogP contribution in [0, 0.1) is 0 Å². The third kappa shape index (κ3) is 5.80. The smallest absolute Gasteiger partial charge is 0.196 e. The Bertz CT molecular complexity index is 125. The third-order valence-corrected chi connectivity index (χ3v) is 14.8. The largest absolute Gasteiger partial charge is 0.458 e. The van der Waals surface area contributed by atoms with Crippen molar-refractivity contribution in [2.75, 3.05) is 0 Å². The van der Waals surface area contributed by atoms with Crippen LogP contribution in [0.25, 0.3) is 0 Å². The first-order valence-corrected chi connectivity index (χ1v) is 13.8. The minimum atomic E-state index is -1.92. The van der Waals surface area contributed by atoms with Crippen molar-refractivity contribution in [3.8, 4) is 0 Å². The van der Waals surface area contributed by atoms with Crippen LogP contribution in [0.3, 0.4) is 0 Å². The standard InChI is InChI=1S/C6H20O2Si3/c1-9(11(5,6)7)8-10(2,3)4/h7,9H,1-6H3. The zero-order valence-electron chi connectivity index (χ0n) is 8.43. The fraction of sp³-hybridized carbons (Fsp3) is 1.00. The van der Waals surface area contributed by atoms with Gasteiger partial charge >= 0.3 is 0 Å². The van der Waals surface area contributed by atoms with Crippen molar-refractivity contribution in [3.63, 3.8) is 0 Å². The SMILES string of the molecule is C[SiH](O[Si](C)(C)C)[Si](C)(C)O. The lowest BCUT2D eigenvalue weighted by Gasteiger charge is -2.29. The second kappa shape index (κ2) is 3.53. The molecule has 0 saturated heterocycles. The predicted molar refractivity (Wildman–Crippen MR) is 57.1 cm³/mol. The van der Waals surface area contributed by atoms with Crippen molar-refractivity contribution in [1.29, 1.82) is 0 Å². The van der Waals surface area contributed by atoms with Crippen molar-refractivity contribution in [2.45, 2.75) is 39.3 Å². The molecule has 0 saturated carbocycles. The lowest BCUT2D eigenvalue weighted by Crippen LogP contribution is -2.50. The van der Waals surface area contributed by atoms with Crippen LogP contribution in [0.15, 0.2) is 0 Å². The fourth-order valence-corrected chi connectivity index (χ4v) is 11.8. The minimum Gasteiger partial charge on any atom is -0.458 e. The molecule has 0 radical (unpaired) electrons. The van der Waals surface area contributed by atoms with E-state index in [1.807, 2.05) is 13.1 Å². The number of rotatable bonds is 3. The van der Waals surface area contributed by atoms with Gasteiger partial charge in [0.05, 0.1) is 0 Å². The summed E-state index contributed by atoms with van der Waals surface area (Å²) in [4.78, 5) is 9.75. The zero-order chi connectivity index (χ0) is 9.28. The van der Waals surface area contributed by atoms with E-state index in [9.17, 15) is 4.80 Å². The van der Waals surface area contributed by atoms with E-state index < -0.39 is 24.7 Å². The highest BCUT2D eigenvalue weighted by Gasteiger charge is 2.32. The topological polar surface area (TPSA) is 29.5 Å². The van der Waals surface area contributed by atoms with E-state index in [1.165, 1.54) is 0 Å². The Labute approximate surface area is 73.4 Å². The minimum absolute atomic E-state index is 1.26. The summed E-state index contributed by atoms with van der Waals surface area (Å²) in [7, 11) is -4.57. The van der Waals surface area contributed by atoms with Gasteiger partial charge in [0.2, 0.25) is 0 Å². The van der Waals surface area contributed by atoms with E-state index in [-0.39, 0.29) is 0 Å². The lowest BCUT2D eigenvalue weighted by atomic mass is 11.8. The Hall–Kier alpha value is 0.571. The van der Waals surface area contributed by atoms with Crippen LogP contribution in [-0.4, -0.2) is 29.5 Å². The molecule has 0 aliphatic carbocycles. The van der Waals surface area contributed by atoms with Gasteiger partial charge in [0.25, 0.3) is 0 Å². The molecular weight excluding hydrogens is 188 g/mol. The molecule has 0 aromatic rings. The molecule has 11 heavy (non-hydrogen) atoms. The first kappa shape index (κ1) is 11.6. The van der Waals surface area contributed by atoms with Crippen LogP contribution < -0.4 is 0 Å². The van der Waals surface area contributed by atoms with Gasteiger partial charge in [-0.05, 0) is 39.3 Å². The maximum atomic E-state index is 9.75. The highest BCUT2D eigenvalue weighted by Crippen LogP contribution is 2.11. The Balaban J connectivity index is 3.99. The molecule has 0 aliphatic rings. The number of hydrogen-bond donors (Lipinski definition) is 1. The van der Waals surface area contributed by atoms with Gasteiger partial charge in [0, 0.05) is 0 Å². The predicted octanol–water partition coefficient (Wildman–Crippen LogP) is 1.47. The fourth-order valence-electron chi connectivity index (χ4n) is 0.675. The Morgan fingerprint density at radius 3 is 1.55 bits per heavy atom. The summed E-state index contributed by atoms with van der Waals surface area (Å²) in [6.45, 7) is 12.6. The Morgan fingerprint density at radius 1 is 1.09 bits per heavy atom. The van der Waals surface area contributed by atoms with Gasteiger partial charge in [-0.15, -0.1) is 0 Å². The van der Waals surface area contributed by atoms with E-state index in [4.69, 9.17) is 4.12 Å². The van der Waals surface area contributed by atoms with Crippen LogP contribution in [0.2, 0.25) is 39.3 Å². The van der Waals surface area contributed by atoms with Crippen LogP contribution in [0.4, 0.5) is 0 Å². The van der Waals surface area contributed by atoms with E-state index in [1.54, 1.807) is 0 Å². The van der Waals surface area contributed by atoms with Crippen molar-refractivity contribution in [3.05, 3.63) is 0 Å². The van der Waals surface area contributed by atoms with Crippen LogP contribution >= 0.6 is 0 Å². The number of hydrogen-bond acceptors (Lipinski definition) is 2. The zero-order valence-corrected chi connectivity index (χ0v) is 11.6. The Morgan fingerprint density at radius 2 is 1.45 bits per heavy atom. The van der Waals surface area contributed by atoms with Gasteiger partial charge in [0.15, 0.2) is 24.7 Å². The lowest BCUT2D eigenvalue weighted by molar-refractivity contribution is 0.537. The van der Waals surface area contributed by atoms with Gasteiger partial charge in [0.1, 0.15) is 0 Å². The highest BCUT2D eigenvalue weighted by molar-refractivity contribution is 7.27. The maximum Gasteiger partial charge on any atom is 0.196 e. The molecule has 1 unspecified atom stereocenters.